The van der Waals surface area contributed by atoms with Gasteiger partial charge < -0.3 is 59.3 Å². The lowest BCUT2D eigenvalue weighted by Gasteiger charge is -2.69. The molecule has 10 atom stereocenters. The Morgan fingerprint density at radius 1 is 1.06 bits per heavy atom. The van der Waals surface area contributed by atoms with E-state index in [0.717, 1.165) is 12.8 Å². The predicted molar refractivity (Wildman–Crippen MR) is 178 cm³/mol. The Balaban J connectivity index is 1.30. The summed E-state index contributed by atoms with van der Waals surface area (Å²) in [4.78, 5) is 12.5. The third-order valence-electron chi connectivity index (χ3n) is 11.8. The van der Waals surface area contributed by atoms with Crippen LogP contribution in [0.2, 0.25) is 0 Å². The van der Waals surface area contributed by atoms with Crippen LogP contribution in [-0.4, -0.2) is 111 Å². The highest BCUT2D eigenvalue weighted by molar-refractivity contribution is 5.87. The van der Waals surface area contributed by atoms with Crippen molar-refractivity contribution in [3.05, 3.63) is 48.3 Å². The molecule has 7 rings (SSSR count). The number of benzene rings is 1. The lowest BCUT2D eigenvalue weighted by atomic mass is 9.42. The number of aliphatic hydroxyl groups excluding tert-OH is 4. The summed E-state index contributed by atoms with van der Waals surface area (Å²) in [5, 5.41) is 73.7. The van der Waals surface area contributed by atoms with Gasteiger partial charge in [-0.15, -0.1) is 0 Å². The normalized spacial score (nSPS) is 37.5. The Bertz CT molecular complexity index is 1600. The number of hydrogen-bond acceptors (Lipinski definition) is 13. The van der Waals surface area contributed by atoms with Gasteiger partial charge in [-0.05, 0) is 49.8 Å². The highest BCUT2D eigenvalue weighted by atomic mass is 16.7. The number of rotatable bonds is 13. The molecule has 7 N–H and O–H groups in total. The molecule has 2 saturated carbocycles. The van der Waals surface area contributed by atoms with Gasteiger partial charge in [0.2, 0.25) is 12.0 Å². The van der Waals surface area contributed by atoms with E-state index >= 15 is 0 Å². The van der Waals surface area contributed by atoms with Crippen molar-refractivity contribution in [2.75, 3.05) is 33.0 Å². The molecule has 1 saturated heterocycles. The van der Waals surface area contributed by atoms with Crippen molar-refractivity contribution in [2.24, 2.45) is 23.2 Å². The van der Waals surface area contributed by atoms with E-state index in [1.165, 1.54) is 31.6 Å². The molecule has 0 spiro atoms. The fraction of sp³-hybridized carbons (Fsp3) is 0.649. The first-order valence-corrected chi connectivity index (χ1v) is 17.9. The number of esters is 1. The maximum atomic E-state index is 12.8. The standard InChI is InChI=1S/C37H49NO12/c1-2-46-28(42)11-8-21-18-22-13-16-47-29(22)31(48-17-15-38-23-6-4-3-5-7-23)30(21)50-34-37(45)32-24-9-10-26(41)35(32,20-40)14-12-25(24)36(44,33(37)43)27(19-39)49-34/h9-10,12-14,16,18,23-27,32-34,38-41,43-45H,2-8,11,15,17,19-20H2,1H3. The number of fused-ring (bicyclic) bond motifs is 4. The summed E-state index contributed by atoms with van der Waals surface area (Å²) in [6.45, 7) is 1.39. The Hall–Kier alpha value is -3.01. The molecule has 2 aromatic rings. The summed E-state index contributed by atoms with van der Waals surface area (Å²) in [6.07, 6.45) is 7.47. The molecule has 1 aromatic carbocycles. The number of nitrogens with one attached hydrogen (secondary N) is 1. The molecule has 2 heterocycles. The van der Waals surface area contributed by atoms with Crippen molar-refractivity contribution >= 4 is 16.9 Å². The molecule has 1 aliphatic heterocycles. The second-order valence-corrected chi connectivity index (χ2v) is 14.4. The van der Waals surface area contributed by atoms with Gasteiger partial charge in [-0.3, -0.25) is 4.79 Å². The number of allylic oxidation sites excluding steroid dienone is 1. The highest BCUT2D eigenvalue weighted by Crippen LogP contribution is 2.64. The number of furan rings is 1. The summed E-state index contributed by atoms with van der Waals surface area (Å²) in [6, 6.07) is 3.93. The number of aliphatic hydroxyl groups is 6. The third-order valence-corrected chi connectivity index (χ3v) is 11.8. The number of carbonyl (C=O) groups is 1. The zero-order valence-corrected chi connectivity index (χ0v) is 28.3. The van der Waals surface area contributed by atoms with Crippen molar-refractivity contribution in [1.29, 1.82) is 0 Å². The van der Waals surface area contributed by atoms with Gasteiger partial charge >= 0.3 is 5.97 Å². The Labute approximate surface area is 290 Å². The lowest BCUT2D eigenvalue weighted by Crippen LogP contribution is -2.85. The van der Waals surface area contributed by atoms with Gasteiger partial charge in [0.05, 0.1) is 32.2 Å². The Morgan fingerprint density at radius 2 is 1.86 bits per heavy atom. The molecule has 4 aliphatic carbocycles. The average molecular weight is 700 g/mol. The number of carbonyl (C=O) groups excluding carboxylic acids is 1. The average Bonchev–Trinajstić information content (AvgIpc) is 3.60. The minimum absolute atomic E-state index is 0.00451. The number of ether oxygens (including phenoxy) is 4. The van der Waals surface area contributed by atoms with Crippen LogP contribution in [0.3, 0.4) is 0 Å². The van der Waals surface area contributed by atoms with Gasteiger partial charge in [0.25, 0.3) is 0 Å². The van der Waals surface area contributed by atoms with E-state index in [2.05, 4.69) is 5.32 Å². The predicted octanol–water partition coefficient (Wildman–Crippen LogP) is 1.49. The first-order valence-electron chi connectivity index (χ1n) is 17.9. The fourth-order valence-electron chi connectivity index (χ4n) is 9.39. The molecule has 13 heteroatoms. The van der Waals surface area contributed by atoms with Gasteiger partial charge in [-0.1, -0.05) is 43.6 Å². The topological polar surface area (TPSA) is 201 Å². The molecule has 274 valence electrons. The van der Waals surface area contributed by atoms with Crippen LogP contribution in [-0.2, 0) is 20.7 Å². The van der Waals surface area contributed by atoms with Crippen molar-refractivity contribution in [3.8, 4) is 11.5 Å². The van der Waals surface area contributed by atoms with Crippen molar-refractivity contribution < 1.29 is 58.8 Å². The minimum atomic E-state index is -2.43. The van der Waals surface area contributed by atoms with E-state index in [1.54, 1.807) is 37.3 Å². The molecule has 0 amide bonds. The summed E-state index contributed by atoms with van der Waals surface area (Å²) in [5.41, 5.74) is -5.19. The molecule has 0 radical (unpaired) electrons. The summed E-state index contributed by atoms with van der Waals surface area (Å²) < 4.78 is 30.3. The van der Waals surface area contributed by atoms with Crippen molar-refractivity contribution in [2.45, 2.75) is 93.7 Å². The molecule has 3 fully saturated rings. The van der Waals surface area contributed by atoms with Gasteiger partial charge in [-0.2, -0.15) is 0 Å². The van der Waals surface area contributed by atoms with Crippen LogP contribution in [0, 0.1) is 23.2 Å². The second-order valence-electron chi connectivity index (χ2n) is 14.4. The van der Waals surface area contributed by atoms with Crippen LogP contribution in [0.15, 0.2) is 47.1 Å². The molecule has 1 aromatic heterocycles. The Morgan fingerprint density at radius 3 is 2.60 bits per heavy atom. The number of hydrogen-bond donors (Lipinski definition) is 7. The van der Waals surface area contributed by atoms with E-state index in [0.29, 0.717) is 29.1 Å². The van der Waals surface area contributed by atoms with E-state index in [9.17, 15) is 35.4 Å². The van der Waals surface area contributed by atoms with Crippen LogP contribution in [0.1, 0.15) is 51.0 Å². The zero-order valence-electron chi connectivity index (χ0n) is 28.3. The molecule has 5 aliphatic rings. The third kappa shape index (κ3) is 5.48. The fourth-order valence-corrected chi connectivity index (χ4v) is 9.39. The molecule has 50 heavy (non-hydrogen) atoms. The van der Waals surface area contributed by atoms with Gasteiger partial charge in [0.1, 0.15) is 24.4 Å². The van der Waals surface area contributed by atoms with Crippen LogP contribution in [0.25, 0.3) is 11.0 Å². The maximum absolute atomic E-state index is 12.8. The lowest BCUT2D eigenvalue weighted by molar-refractivity contribution is -0.408. The smallest absolute Gasteiger partial charge is 0.306 e. The number of aryl methyl sites for hydroxylation is 1. The first-order chi connectivity index (χ1) is 24.1. The molecule has 10 unspecified atom stereocenters. The van der Waals surface area contributed by atoms with Crippen LogP contribution >= 0.6 is 0 Å². The zero-order chi connectivity index (χ0) is 35.3. The van der Waals surface area contributed by atoms with E-state index in [1.807, 2.05) is 0 Å². The first kappa shape index (κ1) is 35.4. The SMILES string of the molecule is CCOC(=O)CCc1cc2ccoc2c(OCCNC2CCCCC2)c1OC1OC(CO)C2(O)C3C=CC4(CO)C(O)C=CC3C4C1(O)C2O. The quantitative estimate of drug-likeness (QED) is 0.0902. The van der Waals surface area contributed by atoms with E-state index in [4.69, 9.17) is 23.4 Å². The molecular weight excluding hydrogens is 650 g/mol. The molecule has 13 nitrogen and oxygen atoms in total. The largest absolute Gasteiger partial charge is 0.485 e. The monoisotopic (exact) mass is 699 g/mol. The van der Waals surface area contributed by atoms with Crippen LogP contribution in [0.4, 0.5) is 0 Å². The summed E-state index contributed by atoms with van der Waals surface area (Å²) >= 11 is 0. The maximum Gasteiger partial charge on any atom is 0.306 e. The Kier molecular flexibility index (Phi) is 9.80. The summed E-state index contributed by atoms with van der Waals surface area (Å²) in [7, 11) is 0. The van der Waals surface area contributed by atoms with E-state index in [-0.39, 0.29) is 37.6 Å². The molecule has 6 bridgehead atoms. The van der Waals surface area contributed by atoms with Crippen molar-refractivity contribution in [1.82, 2.24) is 5.32 Å². The minimum Gasteiger partial charge on any atom is -0.485 e. The van der Waals surface area contributed by atoms with Crippen molar-refractivity contribution in [3.63, 3.8) is 0 Å². The summed E-state index contributed by atoms with van der Waals surface area (Å²) in [5.74, 6) is -2.74. The van der Waals surface area contributed by atoms with Gasteiger partial charge in [-0.25, -0.2) is 0 Å². The van der Waals surface area contributed by atoms with Crippen LogP contribution in [0.5, 0.6) is 11.5 Å². The van der Waals surface area contributed by atoms with Gasteiger partial charge in [0, 0.05) is 41.6 Å². The second kappa shape index (κ2) is 13.8. The van der Waals surface area contributed by atoms with Crippen LogP contribution < -0.4 is 14.8 Å². The highest BCUT2D eigenvalue weighted by Gasteiger charge is 2.78. The van der Waals surface area contributed by atoms with Gasteiger partial charge in [0.15, 0.2) is 16.9 Å². The molecular formula is C37H49NO12. The van der Waals surface area contributed by atoms with E-state index < -0.39 is 78.2 Å².